The SMILES string of the molecule is N=C1CC(F)=C(c2c(F)cccc2F)CCC=C1C(=O)O. The molecule has 0 unspecified atom stereocenters. The Morgan fingerprint density at radius 2 is 1.81 bits per heavy atom. The van der Waals surface area contributed by atoms with Crippen molar-refractivity contribution in [2.24, 2.45) is 0 Å². The number of allylic oxidation sites excluding steroid dienone is 3. The van der Waals surface area contributed by atoms with Crippen molar-refractivity contribution in [3.8, 4) is 0 Å². The van der Waals surface area contributed by atoms with E-state index >= 15 is 0 Å². The first-order chi connectivity index (χ1) is 9.91. The molecular weight excluding hydrogens is 283 g/mol. The number of aliphatic carboxylic acids is 1. The number of hydrogen-bond donors (Lipinski definition) is 2. The van der Waals surface area contributed by atoms with Crippen molar-refractivity contribution in [2.45, 2.75) is 19.3 Å². The van der Waals surface area contributed by atoms with Crippen LogP contribution < -0.4 is 0 Å². The number of rotatable bonds is 2. The second-order valence-corrected chi connectivity index (χ2v) is 4.60. The van der Waals surface area contributed by atoms with Crippen molar-refractivity contribution in [3.05, 3.63) is 52.9 Å². The quantitative estimate of drug-likeness (QED) is 0.870. The smallest absolute Gasteiger partial charge is 0.337 e. The fraction of sp³-hybridized carbons (Fsp3) is 0.200. The number of carboxylic acid groups (broad SMARTS) is 1. The van der Waals surface area contributed by atoms with E-state index in [9.17, 15) is 18.0 Å². The minimum atomic E-state index is -1.31. The number of halogens is 3. The van der Waals surface area contributed by atoms with E-state index < -0.39 is 41.1 Å². The van der Waals surface area contributed by atoms with Crippen LogP contribution in [0.3, 0.4) is 0 Å². The van der Waals surface area contributed by atoms with Gasteiger partial charge in [-0.1, -0.05) is 12.1 Å². The van der Waals surface area contributed by atoms with Crippen LogP contribution in [0.4, 0.5) is 13.2 Å². The number of carbonyl (C=O) groups is 1. The Morgan fingerprint density at radius 3 is 2.38 bits per heavy atom. The molecule has 0 spiro atoms. The molecular formula is C15H12F3NO2. The van der Waals surface area contributed by atoms with Crippen LogP contribution in [-0.4, -0.2) is 16.8 Å². The molecule has 0 radical (unpaired) electrons. The standard InChI is InChI=1S/C15H12F3NO2/c16-10-5-2-6-11(17)14(10)8-3-1-4-9(15(20)21)13(19)7-12(8)18/h2,4-6,19H,1,3,7H2,(H,20,21). The lowest BCUT2D eigenvalue weighted by molar-refractivity contribution is -0.132. The lowest BCUT2D eigenvalue weighted by Gasteiger charge is -2.15. The second-order valence-electron chi connectivity index (χ2n) is 4.60. The zero-order valence-corrected chi connectivity index (χ0v) is 10.9. The van der Waals surface area contributed by atoms with E-state index in [1.165, 1.54) is 12.1 Å². The van der Waals surface area contributed by atoms with Gasteiger partial charge >= 0.3 is 5.97 Å². The molecule has 1 aromatic rings. The van der Waals surface area contributed by atoms with E-state index in [1.807, 2.05) is 0 Å². The molecule has 6 heteroatoms. The molecule has 21 heavy (non-hydrogen) atoms. The molecule has 2 rings (SSSR count). The molecule has 1 aliphatic carbocycles. The van der Waals surface area contributed by atoms with E-state index in [0.29, 0.717) is 0 Å². The predicted octanol–water partition coefficient (Wildman–Crippen LogP) is 3.86. The summed E-state index contributed by atoms with van der Waals surface area (Å²) in [5.41, 5.74) is -1.31. The predicted molar refractivity (Wildman–Crippen MR) is 71.7 cm³/mol. The number of benzene rings is 1. The van der Waals surface area contributed by atoms with Gasteiger partial charge in [-0.3, -0.25) is 0 Å². The van der Waals surface area contributed by atoms with Gasteiger partial charge in [-0.25, -0.2) is 18.0 Å². The molecule has 0 heterocycles. The van der Waals surface area contributed by atoms with E-state index in [1.54, 1.807) is 0 Å². The van der Waals surface area contributed by atoms with Crippen LogP contribution in [0, 0.1) is 17.0 Å². The first kappa shape index (κ1) is 15.0. The van der Waals surface area contributed by atoms with Gasteiger partial charge < -0.3 is 10.5 Å². The third-order valence-corrected chi connectivity index (χ3v) is 3.22. The van der Waals surface area contributed by atoms with Gasteiger partial charge in [0.25, 0.3) is 0 Å². The van der Waals surface area contributed by atoms with Gasteiger partial charge in [0.15, 0.2) is 0 Å². The average molecular weight is 295 g/mol. The Hall–Kier alpha value is -2.37. The lowest BCUT2D eigenvalue weighted by atomic mass is 9.92. The maximum Gasteiger partial charge on any atom is 0.337 e. The largest absolute Gasteiger partial charge is 0.478 e. The van der Waals surface area contributed by atoms with Crippen molar-refractivity contribution in [3.63, 3.8) is 0 Å². The number of carboxylic acids is 1. The lowest BCUT2D eigenvalue weighted by Crippen LogP contribution is -2.14. The molecule has 2 N–H and O–H groups in total. The highest BCUT2D eigenvalue weighted by atomic mass is 19.1. The van der Waals surface area contributed by atoms with Gasteiger partial charge in [0.1, 0.15) is 17.5 Å². The molecule has 0 amide bonds. The summed E-state index contributed by atoms with van der Waals surface area (Å²) in [6.45, 7) is 0. The summed E-state index contributed by atoms with van der Waals surface area (Å²) in [4.78, 5) is 10.9. The molecule has 0 atom stereocenters. The van der Waals surface area contributed by atoms with Gasteiger partial charge in [-0.15, -0.1) is 0 Å². The average Bonchev–Trinajstić information content (AvgIpc) is 2.38. The highest BCUT2D eigenvalue weighted by Gasteiger charge is 2.23. The molecule has 0 aliphatic heterocycles. The van der Waals surface area contributed by atoms with Crippen LogP contribution in [0.15, 0.2) is 35.7 Å². The first-order valence-electron chi connectivity index (χ1n) is 6.25. The zero-order chi connectivity index (χ0) is 15.6. The molecule has 1 aliphatic rings. The summed E-state index contributed by atoms with van der Waals surface area (Å²) in [7, 11) is 0. The van der Waals surface area contributed by atoms with E-state index in [-0.39, 0.29) is 24.0 Å². The first-order valence-corrected chi connectivity index (χ1v) is 6.25. The maximum absolute atomic E-state index is 14.2. The van der Waals surface area contributed by atoms with Gasteiger partial charge in [0, 0.05) is 6.42 Å². The van der Waals surface area contributed by atoms with Gasteiger partial charge in [-0.2, -0.15) is 0 Å². The van der Waals surface area contributed by atoms with Gasteiger partial charge in [0.05, 0.1) is 16.8 Å². The van der Waals surface area contributed by atoms with Crippen molar-refractivity contribution in [2.75, 3.05) is 0 Å². The fourth-order valence-corrected chi connectivity index (χ4v) is 2.24. The molecule has 0 saturated carbocycles. The summed E-state index contributed by atoms with van der Waals surface area (Å²) in [6.07, 6.45) is 0.728. The van der Waals surface area contributed by atoms with E-state index in [2.05, 4.69) is 0 Å². The summed E-state index contributed by atoms with van der Waals surface area (Å²) in [5, 5.41) is 16.5. The Bertz CT molecular complexity index is 657. The Kier molecular flexibility index (Phi) is 4.26. The Morgan fingerprint density at radius 1 is 1.19 bits per heavy atom. The summed E-state index contributed by atoms with van der Waals surface area (Å²) in [6, 6.07) is 3.24. The van der Waals surface area contributed by atoms with Crippen molar-refractivity contribution in [1.29, 1.82) is 5.41 Å². The number of nitrogens with one attached hydrogen (secondary N) is 1. The molecule has 3 nitrogen and oxygen atoms in total. The minimum Gasteiger partial charge on any atom is -0.478 e. The van der Waals surface area contributed by atoms with Crippen molar-refractivity contribution in [1.82, 2.24) is 0 Å². The Balaban J connectivity index is 2.45. The zero-order valence-electron chi connectivity index (χ0n) is 10.9. The molecule has 110 valence electrons. The van der Waals surface area contributed by atoms with E-state index in [0.717, 1.165) is 12.1 Å². The van der Waals surface area contributed by atoms with Crippen LogP contribution in [0.25, 0.3) is 5.57 Å². The van der Waals surface area contributed by atoms with Crippen LogP contribution in [0.1, 0.15) is 24.8 Å². The summed E-state index contributed by atoms with van der Waals surface area (Å²) < 4.78 is 41.7. The van der Waals surface area contributed by atoms with Crippen molar-refractivity contribution >= 4 is 17.3 Å². The molecule has 1 aromatic carbocycles. The third kappa shape index (κ3) is 3.04. The topological polar surface area (TPSA) is 61.2 Å². The molecule has 0 saturated heterocycles. The summed E-state index contributed by atoms with van der Waals surface area (Å²) in [5.74, 6) is -3.95. The number of hydrogen-bond acceptors (Lipinski definition) is 2. The Labute approximate surface area is 118 Å². The minimum absolute atomic E-state index is 0.0340. The van der Waals surface area contributed by atoms with Gasteiger partial charge in [-0.05, 0) is 30.5 Å². The monoisotopic (exact) mass is 295 g/mol. The van der Waals surface area contributed by atoms with E-state index in [4.69, 9.17) is 10.5 Å². The molecule has 0 aromatic heterocycles. The highest BCUT2D eigenvalue weighted by Crippen LogP contribution is 2.33. The van der Waals surface area contributed by atoms with Crippen LogP contribution in [0.5, 0.6) is 0 Å². The second kappa shape index (κ2) is 5.95. The van der Waals surface area contributed by atoms with Crippen LogP contribution in [0.2, 0.25) is 0 Å². The summed E-state index contributed by atoms with van der Waals surface area (Å²) >= 11 is 0. The maximum atomic E-state index is 14.2. The molecule has 0 bridgehead atoms. The normalized spacial score (nSPS) is 16.3. The van der Waals surface area contributed by atoms with Crippen LogP contribution >= 0.6 is 0 Å². The van der Waals surface area contributed by atoms with Crippen molar-refractivity contribution < 1.29 is 23.1 Å². The van der Waals surface area contributed by atoms with Gasteiger partial charge in [0.2, 0.25) is 0 Å². The third-order valence-electron chi connectivity index (χ3n) is 3.22. The highest BCUT2D eigenvalue weighted by molar-refractivity contribution is 6.18. The fourth-order valence-electron chi connectivity index (χ4n) is 2.24. The molecule has 0 fully saturated rings. The van der Waals surface area contributed by atoms with Crippen LogP contribution in [-0.2, 0) is 4.79 Å².